The predicted octanol–water partition coefficient (Wildman–Crippen LogP) is 3.20. The summed E-state index contributed by atoms with van der Waals surface area (Å²) < 4.78 is 30.7. The molecule has 0 aliphatic carbocycles. The zero-order chi connectivity index (χ0) is 23.2. The molecule has 11 heteroatoms. The molecule has 0 saturated heterocycles. The highest BCUT2D eigenvalue weighted by atomic mass is 32.2. The van der Waals surface area contributed by atoms with E-state index in [1.165, 1.54) is 32.9 Å². The number of benzene rings is 1. The minimum absolute atomic E-state index is 0.227. The summed E-state index contributed by atoms with van der Waals surface area (Å²) in [6.07, 6.45) is 4.47. The van der Waals surface area contributed by atoms with Gasteiger partial charge in [0.1, 0.15) is 10.6 Å². The van der Waals surface area contributed by atoms with Crippen molar-refractivity contribution in [3.8, 4) is 10.6 Å². The molecule has 0 spiro atoms. The molecule has 0 fully saturated rings. The summed E-state index contributed by atoms with van der Waals surface area (Å²) in [5.41, 5.74) is 4.62. The van der Waals surface area contributed by atoms with E-state index < -0.39 is 10.0 Å². The van der Waals surface area contributed by atoms with Gasteiger partial charge in [0.2, 0.25) is 0 Å². The van der Waals surface area contributed by atoms with Gasteiger partial charge in [-0.1, -0.05) is 29.0 Å². The summed E-state index contributed by atoms with van der Waals surface area (Å²) in [5, 5.41) is 10.3. The fourth-order valence-corrected chi connectivity index (χ4v) is 5.17. The maximum atomic E-state index is 12.7. The Morgan fingerprint density at radius 1 is 1.09 bits per heavy atom. The van der Waals surface area contributed by atoms with Crippen LogP contribution in [0.3, 0.4) is 0 Å². The number of hydrogen-bond donors (Lipinski definition) is 1. The molecule has 0 bridgehead atoms. The van der Waals surface area contributed by atoms with E-state index in [4.69, 9.17) is 0 Å². The molecule has 1 aromatic carbocycles. The lowest BCUT2D eigenvalue weighted by atomic mass is 10.0. The Hall–Kier alpha value is -3.31. The van der Waals surface area contributed by atoms with Crippen LogP contribution in [0.2, 0.25) is 0 Å². The van der Waals surface area contributed by atoms with E-state index in [0.29, 0.717) is 16.2 Å². The van der Waals surface area contributed by atoms with E-state index in [0.717, 1.165) is 32.7 Å². The van der Waals surface area contributed by atoms with Crippen LogP contribution in [-0.4, -0.2) is 32.8 Å². The summed E-state index contributed by atoms with van der Waals surface area (Å²) >= 11 is 1.30. The molecule has 3 aromatic heterocycles. The van der Waals surface area contributed by atoms with Gasteiger partial charge < -0.3 is 0 Å². The molecular weight excluding hydrogens is 448 g/mol. The third-order valence-corrected chi connectivity index (χ3v) is 6.88. The largest absolute Gasteiger partial charge is 0.279 e. The second-order valence-corrected chi connectivity index (χ2v) is 10.4. The number of anilines is 1. The summed E-state index contributed by atoms with van der Waals surface area (Å²) in [6.45, 7) is 7.70. The summed E-state index contributed by atoms with van der Waals surface area (Å²) in [7, 11) is -2.22. The molecule has 0 amide bonds. The SMILES string of the molecule is Cc1cc(C)c(C=CS(=O)(=O)Nc2cnc3c(-c4nnc(C)s4)c(=O)n(C)n3c2)c(C)c1. The van der Waals surface area contributed by atoms with Crippen LogP contribution in [0.25, 0.3) is 22.3 Å². The number of fused-ring (bicyclic) bond motifs is 1. The van der Waals surface area contributed by atoms with Crippen molar-refractivity contribution in [1.82, 2.24) is 24.4 Å². The maximum Gasteiger partial charge on any atom is 0.279 e. The zero-order valence-electron chi connectivity index (χ0n) is 18.2. The van der Waals surface area contributed by atoms with Crippen molar-refractivity contribution in [2.75, 3.05) is 4.72 Å². The van der Waals surface area contributed by atoms with Gasteiger partial charge in [0, 0.05) is 7.05 Å². The summed E-state index contributed by atoms with van der Waals surface area (Å²) in [6, 6.07) is 4.02. The Kier molecular flexibility index (Phi) is 5.47. The van der Waals surface area contributed by atoms with Gasteiger partial charge in [0.15, 0.2) is 10.7 Å². The van der Waals surface area contributed by atoms with Gasteiger partial charge in [0.05, 0.1) is 23.5 Å². The lowest BCUT2D eigenvalue weighted by molar-refractivity contribution is 0.609. The Balaban J connectivity index is 1.68. The zero-order valence-corrected chi connectivity index (χ0v) is 19.9. The Bertz CT molecular complexity index is 1520. The number of nitrogens with one attached hydrogen (secondary N) is 1. The van der Waals surface area contributed by atoms with Crippen molar-refractivity contribution in [2.24, 2.45) is 7.05 Å². The van der Waals surface area contributed by atoms with Crippen molar-refractivity contribution < 1.29 is 8.42 Å². The molecule has 4 aromatic rings. The van der Waals surface area contributed by atoms with Gasteiger partial charge in [-0.05, 0) is 50.5 Å². The van der Waals surface area contributed by atoms with E-state index in [9.17, 15) is 13.2 Å². The fourth-order valence-electron chi connectivity index (χ4n) is 3.63. The lowest BCUT2D eigenvalue weighted by Gasteiger charge is -2.08. The smallest absolute Gasteiger partial charge is 0.277 e. The van der Waals surface area contributed by atoms with Crippen LogP contribution in [0.15, 0.2) is 34.7 Å². The molecule has 0 radical (unpaired) electrons. The molecule has 3 heterocycles. The third kappa shape index (κ3) is 4.08. The molecule has 166 valence electrons. The van der Waals surface area contributed by atoms with E-state index in [2.05, 4.69) is 19.9 Å². The quantitative estimate of drug-likeness (QED) is 0.479. The average molecular weight is 471 g/mol. The van der Waals surface area contributed by atoms with Crippen LogP contribution in [0.5, 0.6) is 0 Å². The van der Waals surface area contributed by atoms with Gasteiger partial charge in [-0.25, -0.2) is 22.6 Å². The van der Waals surface area contributed by atoms with Crippen molar-refractivity contribution >= 4 is 38.8 Å². The topological polar surface area (TPSA) is 111 Å². The fraction of sp³-hybridized carbons (Fsp3) is 0.238. The molecule has 0 aliphatic rings. The van der Waals surface area contributed by atoms with Gasteiger partial charge >= 0.3 is 0 Å². The molecule has 0 unspecified atom stereocenters. The van der Waals surface area contributed by atoms with Gasteiger partial charge in [-0.2, -0.15) is 0 Å². The number of rotatable bonds is 5. The molecule has 0 aliphatic heterocycles. The first-order valence-electron chi connectivity index (χ1n) is 9.72. The number of aromatic nitrogens is 5. The van der Waals surface area contributed by atoms with E-state index >= 15 is 0 Å². The Morgan fingerprint density at radius 3 is 2.41 bits per heavy atom. The first-order valence-corrected chi connectivity index (χ1v) is 12.1. The highest BCUT2D eigenvalue weighted by Gasteiger charge is 2.20. The van der Waals surface area contributed by atoms with Crippen LogP contribution in [0.4, 0.5) is 5.69 Å². The Labute approximate surface area is 189 Å². The number of hydrogen-bond acceptors (Lipinski definition) is 7. The number of nitrogens with zero attached hydrogens (tertiary/aromatic N) is 5. The van der Waals surface area contributed by atoms with Crippen LogP contribution in [-0.2, 0) is 17.1 Å². The first kappa shape index (κ1) is 21.9. The predicted molar refractivity (Wildman–Crippen MR) is 126 cm³/mol. The summed E-state index contributed by atoms with van der Waals surface area (Å²) in [5.74, 6) is 0. The highest BCUT2D eigenvalue weighted by Crippen LogP contribution is 2.25. The molecule has 1 N–H and O–H groups in total. The molecular formula is C21H22N6O3S2. The maximum absolute atomic E-state index is 12.7. The van der Waals surface area contributed by atoms with E-state index in [1.807, 2.05) is 32.9 Å². The Morgan fingerprint density at radius 2 is 1.78 bits per heavy atom. The second kappa shape index (κ2) is 7.99. The summed E-state index contributed by atoms with van der Waals surface area (Å²) in [4.78, 5) is 17.1. The minimum atomic E-state index is -3.80. The average Bonchev–Trinajstić information content (AvgIpc) is 3.22. The molecule has 0 atom stereocenters. The van der Waals surface area contributed by atoms with Crippen LogP contribution < -0.4 is 10.3 Å². The molecule has 9 nitrogen and oxygen atoms in total. The van der Waals surface area contributed by atoms with Crippen LogP contribution in [0.1, 0.15) is 27.3 Å². The number of aryl methyl sites for hydroxylation is 5. The van der Waals surface area contributed by atoms with Gasteiger partial charge in [0.25, 0.3) is 15.6 Å². The van der Waals surface area contributed by atoms with Crippen LogP contribution in [0, 0.1) is 27.7 Å². The molecule has 4 rings (SSSR count). The van der Waals surface area contributed by atoms with Crippen molar-refractivity contribution in [3.63, 3.8) is 0 Å². The van der Waals surface area contributed by atoms with Crippen molar-refractivity contribution in [2.45, 2.75) is 27.7 Å². The van der Waals surface area contributed by atoms with Crippen molar-refractivity contribution in [1.29, 1.82) is 0 Å². The van der Waals surface area contributed by atoms with Gasteiger partial charge in [-0.3, -0.25) is 9.52 Å². The molecule has 0 saturated carbocycles. The highest BCUT2D eigenvalue weighted by molar-refractivity contribution is 7.95. The van der Waals surface area contributed by atoms with Crippen molar-refractivity contribution in [3.05, 3.63) is 67.5 Å². The number of sulfonamides is 1. The van der Waals surface area contributed by atoms with Crippen LogP contribution >= 0.6 is 11.3 Å². The minimum Gasteiger partial charge on any atom is -0.277 e. The molecule has 32 heavy (non-hydrogen) atoms. The van der Waals surface area contributed by atoms with E-state index in [1.54, 1.807) is 20.0 Å². The normalized spacial score (nSPS) is 12.2. The first-order chi connectivity index (χ1) is 15.1. The lowest BCUT2D eigenvalue weighted by Crippen LogP contribution is -2.16. The second-order valence-electron chi connectivity index (χ2n) is 7.60. The monoisotopic (exact) mass is 470 g/mol. The standard InChI is InChI=1S/C21H22N6O3S2/c1-12-8-13(2)17(14(3)9-12)6-7-32(29,30)25-16-10-22-19-18(20-24-23-15(4)31-20)21(28)26(5)27(19)11-16/h6-11,25H,1-5H3. The van der Waals surface area contributed by atoms with Gasteiger partial charge in [-0.15, -0.1) is 10.2 Å². The van der Waals surface area contributed by atoms with E-state index in [-0.39, 0.29) is 11.2 Å². The third-order valence-electron chi connectivity index (χ3n) is 5.01.